The fourth-order valence-corrected chi connectivity index (χ4v) is 2.57. The lowest BCUT2D eigenvalue weighted by atomic mass is 10.2. The van der Waals surface area contributed by atoms with Gasteiger partial charge in [0.2, 0.25) is 0 Å². The Balaban J connectivity index is 1.52. The molecule has 4 nitrogen and oxygen atoms in total. The van der Waals surface area contributed by atoms with E-state index in [0.29, 0.717) is 28.8 Å². The van der Waals surface area contributed by atoms with E-state index < -0.39 is 0 Å². The molecule has 0 bridgehead atoms. The lowest BCUT2D eigenvalue weighted by molar-refractivity contribution is 0.0946. The molecule has 0 aliphatic carbocycles. The first kappa shape index (κ1) is 18.2. The molecule has 1 heterocycles. The van der Waals surface area contributed by atoms with Crippen molar-refractivity contribution in [2.45, 2.75) is 13.1 Å². The average molecular weight is 386 g/mol. The van der Waals surface area contributed by atoms with Crippen LogP contribution in [0, 0.1) is 0 Å². The summed E-state index contributed by atoms with van der Waals surface area (Å²) in [5, 5.41) is 7.48. The molecule has 0 aliphatic heterocycles. The molecule has 0 saturated carbocycles. The van der Waals surface area contributed by atoms with Crippen molar-refractivity contribution in [3.8, 4) is 0 Å². The number of nitrogens with one attached hydrogen (secondary N) is 2. The van der Waals surface area contributed by atoms with Gasteiger partial charge in [0.05, 0.1) is 11.9 Å². The average Bonchev–Trinajstić information content (AvgIpc) is 2.67. The molecule has 0 spiro atoms. The summed E-state index contributed by atoms with van der Waals surface area (Å²) >= 11 is 11.7. The summed E-state index contributed by atoms with van der Waals surface area (Å²) in [6.07, 6.45) is 1.65. The van der Waals surface area contributed by atoms with Crippen molar-refractivity contribution in [3.05, 3.63) is 93.7 Å². The smallest absolute Gasteiger partial charge is 0.270 e. The van der Waals surface area contributed by atoms with Gasteiger partial charge in [0.25, 0.3) is 5.91 Å². The van der Waals surface area contributed by atoms with Gasteiger partial charge < -0.3 is 10.6 Å². The van der Waals surface area contributed by atoms with Crippen LogP contribution in [0.15, 0.2) is 66.9 Å². The molecule has 1 amide bonds. The monoisotopic (exact) mass is 385 g/mol. The van der Waals surface area contributed by atoms with E-state index in [4.69, 9.17) is 23.2 Å². The molecule has 2 N–H and O–H groups in total. The second kappa shape index (κ2) is 8.70. The van der Waals surface area contributed by atoms with Crippen LogP contribution < -0.4 is 10.6 Å². The minimum atomic E-state index is -0.218. The molecule has 3 aromatic rings. The van der Waals surface area contributed by atoms with Gasteiger partial charge >= 0.3 is 0 Å². The number of hydrogen-bond acceptors (Lipinski definition) is 3. The van der Waals surface area contributed by atoms with Crippen LogP contribution in [0.25, 0.3) is 0 Å². The minimum Gasteiger partial charge on any atom is -0.380 e. The molecule has 1 aromatic heterocycles. The summed E-state index contributed by atoms with van der Waals surface area (Å²) in [4.78, 5) is 16.4. The zero-order valence-corrected chi connectivity index (χ0v) is 15.4. The predicted octanol–water partition coefficient (Wildman–Crippen LogP) is 4.93. The number of aromatic nitrogens is 1. The van der Waals surface area contributed by atoms with E-state index >= 15 is 0 Å². The van der Waals surface area contributed by atoms with Crippen LogP contribution >= 0.6 is 23.2 Å². The second-order valence-corrected chi connectivity index (χ2v) is 6.59. The van der Waals surface area contributed by atoms with Crippen LogP contribution in [0.1, 0.15) is 21.6 Å². The van der Waals surface area contributed by atoms with Crippen molar-refractivity contribution in [2.24, 2.45) is 0 Å². The lowest BCUT2D eigenvalue weighted by Crippen LogP contribution is -2.23. The number of nitrogens with zero attached hydrogens (tertiary/aromatic N) is 1. The number of pyridine rings is 1. The highest BCUT2D eigenvalue weighted by atomic mass is 35.5. The van der Waals surface area contributed by atoms with Crippen molar-refractivity contribution in [3.63, 3.8) is 0 Å². The standard InChI is InChI=1S/C20H17Cl2N3O/c21-16-5-1-14(2-6-16)11-23-18-9-10-19(24-13-18)20(26)25-12-15-3-7-17(22)8-4-15/h1-10,13,23H,11-12H2,(H,25,26). The van der Waals surface area contributed by atoms with E-state index in [0.717, 1.165) is 16.8 Å². The highest BCUT2D eigenvalue weighted by molar-refractivity contribution is 6.30. The molecular weight excluding hydrogens is 369 g/mol. The van der Waals surface area contributed by atoms with Gasteiger partial charge in [0, 0.05) is 23.1 Å². The Bertz CT molecular complexity index is 863. The molecule has 0 aliphatic rings. The molecule has 6 heteroatoms. The molecule has 0 unspecified atom stereocenters. The first-order valence-corrected chi connectivity index (χ1v) is 8.83. The SMILES string of the molecule is O=C(NCc1ccc(Cl)cc1)c1ccc(NCc2ccc(Cl)cc2)cn1. The maximum absolute atomic E-state index is 12.2. The third-order valence-corrected chi connectivity index (χ3v) is 4.28. The maximum Gasteiger partial charge on any atom is 0.270 e. The van der Waals surface area contributed by atoms with Gasteiger partial charge in [0.15, 0.2) is 0 Å². The quantitative estimate of drug-likeness (QED) is 0.632. The summed E-state index contributed by atoms with van der Waals surface area (Å²) in [5.41, 5.74) is 3.30. The Hall–Kier alpha value is -2.56. The molecule has 3 rings (SSSR count). The Morgan fingerprint density at radius 3 is 1.92 bits per heavy atom. The molecule has 2 aromatic carbocycles. The normalized spacial score (nSPS) is 10.4. The molecule has 0 atom stereocenters. The zero-order chi connectivity index (χ0) is 18.4. The zero-order valence-electron chi connectivity index (χ0n) is 13.9. The van der Waals surface area contributed by atoms with Crippen LogP contribution in [-0.2, 0) is 13.1 Å². The van der Waals surface area contributed by atoms with E-state index in [2.05, 4.69) is 15.6 Å². The third kappa shape index (κ3) is 5.22. The van der Waals surface area contributed by atoms with Gasteiger partial charge in [-0.1, -0.05) is 47.5 Å². The number of anilines is 1. The van der Waals surface area contributed by atoms with Gasteiger partial charge in [-0.2, -0.15) is 0 Å². The third-order valence-electron chi connectivity index (χ3n) is 3.77. The van der Waals surface area contributed by atoms with Crippen LogP contribution in [0.4, 0.5) is 5.69 Å². The van der Waals surface area contributed by atoms with Gasteiger partial charge in [-0.15, -0.1) is 0 Å². The Labute approximate surface area is 162 Å². The summed E-state index contributed by atoms with van der Waals surface area (Å²) in [7, 11) is 0. The molecule has 26 heavy (non-hydrogen) atoms. The molecule has 0 saturated heterocycles. The minimum absolute atomic E-state index is 0.218. The maximum atomic E-state index is 12.2. The number of benzene rings is 2. The molecule has 132 valence electrons. The largest absolute Gasteiger partial charge is 0.380 e. The highest BCUT2D eigenvalue weighted by Crippen LogP contribution is 2.13. The number of amides is 1. The fourth-order valence-electron chi connectivity index (χ4n) is 2.31. The molecule has 0 fully saturated rings. The van der Waals surface area contributed by atoms with Crippen LogP contribution in [0.3, 0.4) is 0 Å². The first-order valence-electron chi connectivity index (χ1n) is 8.07. The van der Waals surface area contributed by atoms with E-state index in [1.807, 2.05) is 42.5 Å². The molecule has 0 radical (unpaired) electrons. The van der Waals surface area contributed by atoms with E-state index in [1.54, 1.807) is 24.4 Å². The number of hydrogen-bond donors (Lipinski definition) is 2. The van der Waals surface area contributed by atoms with Crippen molar-refractivity contribution < 1.29 is 4.79 Å². The Morgan fingerprint density at radius 1 is 0.808 bits per heavy atom. The Morgan fingerprint density at radius 2 is 1.38 bits per heavy atom. The van der Waals surface area contributed by atoms with Crippen LogP contribution in [-0.4, -0.2) is 10.9 Å². The number of halogens is 2. The van der Waals surface area contributed by atoms with Crippen LogP contribution in [0.5, 0.6) is 0 Å². The Kier molecular flexibility index (Phi) is 6.10. The van der Waals surface area contributed by atoms with E-state index in [1.165, 1.54) is 0 Å². The van der Waals surface area contributed by atoms with Crippen LogP contribution in [0.2, 0.25) is 10.0 Å². The van der Waals surface area contributed by atoms with Crippen molar-refractivity contribution in [1.82, 2.24) is 10.3 Å². The summed E-state index contributed by atoms with van der Waals surface area (Å²) in [5.74, 6) is -0.218. The fraction of sp³-hybridized carbons (Fsp3) is 0.100. The first-order chi connectivity index (χ1) is 12.6. The van der Waals surface area contributed by atoms with E-state index in [9.17, 15) is 4.79 Å². The number of carbonyl (C=O) groups is 1. The summed E-state index contributed by atoms with van der Waals surface area (Å²) in [6.45, 7) is 1.08. The van der Waals surface area contributed by atoms with Gasteiger partial charge in [0.1, 0.15) is 5.69 Å². The second-order valence-electron chi connectivity index (χ2n) is 5.72. The summed E-state index contributed by atoms with van der Waals surface area (Å²) < 4.78 is 0. The topological polar surface area (TPSA) is 54.0 Å². The predicted molar refractivity (Wildman–Crippen MR) is 106 cm³/mol. The van der Waals surface area contributed by atoms with Gasteiger partial charge in [-0.05, 0) is 47.5 Å². The van der Waals surface area contributed by atoms with Crippen molar-refractivity contribution >= 4 is 34.8 Å². The van der Waals surface area contributed by atoms with Gasteiger partial charge in [-0.25, -0.2) is 4.98 Å². The summed E-state index contributed by atoms with van der Waals surface area (Å²) in [6, 6.07) is 18.5. The number of carbonyl (C=O) groups excluding carboxylic acids is 1. The van der Waals surface area contributed by atoms with E-state index in [-0.39, 0.29) is 5.91 Å². The van der Waals surface area contributed by atoms with Crippen molar-refractivity contribution in [1.29, 1.82) is 0 Å². The number of rotatable bonds is 6. The van der Waals surface area contributed by atoms with Gasteiger partial charge in [-0.3, -0.25) is 4.79 Å². The highest BCUT2D eigenvalue weighted by Gasteiger charge is 2.07. The van der Waals surface area contributed by atoms with Crippen molar-refractivity contribution in [2.75, 3.05) is 5.32 Å². The molecular formula is C20H17Cl2N3O. The lowest BCUT2D eigenvalue weighted by Gasteiger charge is -2.08.